The van der Waals surface area contributed by atoms with Gasteiger partial charge < -0.3 is 14.2 Å². The van der Waals surface area contributed by atoms with Crippen molar-refractivity contribution in [2.75, 3.05) is 31.1 Å². The van der Waals surface area contributed by atoms with Crippen LogP contribution >= 0.6 is 0 Å². The molecule has 2 heterocycles. The Balaban J connectivity index is 1.77. The Morgan fingerprint density at radius 3 is 2.37 bits per heavy atom. The van der Waals surface area contributed by atoms with Crippen LogP contribution in [-0.4, -0.2) is 41.9 Å². The smallest absolute Gasteiger partial charge is 0.416 e. The second-order valence-electron chi connectivity index (χ2n) is 6.13. The van der Waals surface area contributed by atoms with E-state index < -0.39 is 22.4 Å². The van der Waals surface area contributed by atoms with E-state index in [0.29, 0.717) is 30.5 Å². The molecule has 144 valence electrons. The zero-order valence-corrected chi connectivity index (χ0v) is 14.3. The number of rotatable bonds is 3. The summed E-state index contributed by atoms with van der Waals surface area (Å²) in [5.74, 6) is 0.295. The predicted octanol–water partition coefficient (Wildman–Crippen LogP) is 3.48. The lowest BCUT2D eigenvalue weighted by Gasteiger charge is -2.35. The SMILES string of the molecule is Cc1occc1C(=O)N1CCN(c2ccc(C(F)(F)F)cc2[N+](=O)[O-])CC1. The Bertz CT molecular complexity index is 871. The Hall–Kier alpha value is -3.04. The minimum atomic E-state index is -4.66. The summed E-state index contributed by atoms with van der Waals surface area (Å²) in [6, 6.07) is 4.06. The zero-order chi connectivity index (χ0) is 19.8. The van der Waals surface area contributed by atoms with Gasteiger partial charge in [-0.05, 0) is 25.1 Å². The molecule has 1 aliphatic rings. The number of alkyl halides is 3. The van der Waals surface area contributed by atoms with Crippen LogP contribution in [-0.2, 0) is 6.18 Å². The highest BCUT2D eigenvalue weighted by Crippen LogP contribution is 2.36. The molecular formula is C17H16F3N3O4. The van der Waals surface area contributed by atoms with Crippen molar-refractivity contribution in [2.24, 2.45) is 0 Å². The third-order valence-electron chi connectivity index (χ3n) is 4.50. The number of hydrogen-bond acceptors (Lipinski definition) is 5. The minimum absolute atomic E-state index is 0.111. The third-order valence-corrected chi connectivity index (χ3v) is 4.50. The van der Waals surface area contributed by atoms with Gasteiger partial charge in [0.15, 0.2) is 0 Å². The van der Waals surface area contributed by atoms with E-state index in [9.17, 15) is 28.1 Å². The maximum absolute atomic E-state index is 12.8. The normalized spacial score (nSPS) is 15.1. The van der Waals surface area contributed by atoms with E-state index in [1.54, 1.807) is 22.8 Å². The molecule has 0 radical (unpaired) electrons. The first-order valence-electron chi connectivity index (χ1n) is 8.12. The van der Waals surface area contributed by atoms with Gasteiger partial charge >= 0.3 is 6.18 Å². The van der Waals surface area contributed by atoms with E-state index in [2.05, 4.69) is 0 Å². The largest absolute Gasteiger partial charge is 0.469 e. The Morgan fingerprint density at radius 2 is 1.85 bits per heavy atom. The summed E-state index contributed by atoms with van der Waals surface area (Å²) in [5.41, 5.74) is -1.11. The number of furan rings is 1. The molecule has 0 atom stereocenters. The molecule has 1 aromatic carbocycles. The number of piperazine rings is 1. The number of hydrogen-bond donors (Lipinski definition) is 0. The lowest BCUT2D eigenvalue weighted by atomic mass is 10.1. The number of carbonyl (C=O) groups excluding carboxylic acids is 1. The highest BCUT2D eigenvalue weighted by Gasteiger charge is 2.34. The van der Waals surface area contributed by atoms with Crippen molar-refractivity contribution in [2.45, 2.75) is 13.1 Å². The molecule has 10 heteroatoms. The summed E-state index contributed by atoms with van der Waals surface area (Å²) in [6.45, 7) is 2.81. The van der Waals surface area contributed by atoms with E-state index in [0.717, 1.165) is 12.1 Å². The van der Waals surface area contributed by atoms with Crippen LogP contribution in [0, 0.1) is 17.0 Å². The number of nitro benzene ring substituents is 1. The van der Waals surface area contributed by atoms with Crippen molar-refractivity contribution in [3.63, 3.8) is 0 Å². The number of halogens is 3. The van der Waals surface area contributed by atoms with Crippen LogP contribution in [0.15, 0.2) is 34.9 Å². The average molecular weight is 383 g/mol. The molecular weight excluding hydrogens is 367 g/mol. The van der Waals surface area contributed by atoms with Gasteiger partial charge in [0.25, 0.3) is 11.6 Å². The molecule has 0 unspecified atom stereocenters. The lowest BCUT2D eigenvalue weighted by molar-refractivity contribution is -0.384. The minimum Gasteiger partial charge on any atom is -0.469 e. The van der Waals surface area contributed by atoms with Crippen molar-refractivity contribution in [1.82, 2.24) is 4.90 Å². The zero-order valence-electron chi connectivity index (χ0n) is 14.3. The van der Waals surface area contributed by atoms with E-state index in [1.807, 2.05) is 0 Å². The van der Waals surface area contributed by atoms with Gasteiger partial charge in [0.2, 0.25) is 0 Å². The summed E-state index contributed by atoms with van der Waals surface area (Å²) in [6.07, 6.45) is -3.23. The first-order valence-corrected chi connectivity index (χ1v) is 8.12. The van der Waals surface area contributed by atoms with Gasteiger partial charge in [-0.2, -0.15) is 13.2 Å². The number of carbonyl (C=O) groups is 1. The Labute approximate surface area is 152 Å². The second kappa shape index (κ2) is 6.93. The molecule has 27 heavy (non-hydrogen) atoms. The molecule has 0 N–H and O–H groups in total. The quantitative estimate of drug-likeness (QED) is 0.599. The second-order valence-corrected chi connectivity index (χ2v) is 6.13. The summed E-state index contributed by atoms with van der Waals surface area (Å²) in [5, 5.41) is 11.2. The van der Waals surface area contributed by atoms with Gasteiger partial charge in [-0.1, -0.05) is 0 Å². The first-order chi connectivity index (χ1) is 12.7. The van der Waals surface area contributed by atoms with E-state index in [1.165, 1.54) is 6.26 Å². The van der Waals surface area contributed by atoms with Crippen LogP contribution in [0.4, 0.5) is 24.5 Å². The van der Waals surface area contributed by atoms with Crippen molar-refractivity contribution in [1.29, 1.82) is 0 Å². The standard InChI is InChI=1S/C17H16F3N3O4/c1-11-13(4-9-27-11)16(24)22-7-5-21(6-8-22)14-3-2-12(17(18,19)20)10-15(14)23(25)26/h2-4,9-10H,5-8H2,1H3. The van der Waals surface area contributed by atoms with E-state index in [4.69, 9.17) is 4.42 Å². The monoisotopic (exact) mass is 383 g/mol. The van der Waals surface area contributed by atoms with Crippen molar-refractivity contribution < 1.29 is 27.3 Å². The van der Waals surface area contributed by atoms with Gasteiger partial charge in [-0.3, -0.25) is 14.9 Å². The Morgan fingerprint density at radius 1 is 1.19 bits per heavy atom. The summed E-state index contributed by atoms with van der Waals surface area (Å²) < 4.78 is 43.6. The molecule has 0 saturated carbocycles. The maximum Gasteiger partial charge on any atom is 0.416 e. The predicted molar refractivity (Wildman–Crippen MR) is 89.7 cm³/mol. The number of nitro groups is 1. The number of anilines is 1. The van der Waals surface area contributed by atoms with Crippen molar-refractivity contribution in [3.8, 4) is 0 Å². The van der Waals surface area contributed by atoms with Gasteiger partial charge in [0, 0.05) is 32.2 Å². The fourth-order valence-electron chi connectivity index (χ4n) is 3.04. The Kier molecular flexibility index (Phi) is 4.81. The first kappa shape index (κ1) is 18.7. The van der Waals surface area contributed by atoms with Crippen LogP contribution in [0.1, 0.15) is 21.7 Å². The summed E-state index contributed by atoms with van der Waals surface area (Å²) >= 11 is 0. The van der Waals surface area contributed by atoms with Crippen molar-refractivity contribution in [3.05, 3.63) is 57.5 Å². The molecule has 1 aromatic heterocycles. The van der Waals surface area contributed by atoms with Crippen LogP contribution in [0.3, 0.4) is 0 Å². The fraction of sp³-hybridized carbons (Fsp3) is 0.353. The lowest BCUT2D eigenvalue weighted by Crippen LogP contribution is -2.49. The van der Waals surface area contributed by atoms with Gasteiger partial charge in [0.1, 0.15) is 11.4 Å². The van der Waals surface area contributed by atoms with Gasteiger partial charge in [0.05, 0.1) is 22.3 Å². The average Bonchev–Trinajstić information content (AvgIpc) is 3.06. The number of nitrogens with zero attached hydrogens (tertiary/aromatic N) is 3. The molecule has 0 spiro atoms. The number of aryl methyl sites for hydroxylation is 1. The summed E-state index contributed by atoms with van der Waals surface area (Å²) in [4.78, 5) is 26.1. The van der Waals surface area contributed by atoms with Gasteiger partial charge in [-0.25, -0.2) is 0 Å². The molecule has 1 fully saturated rings. The topological polar surface area (TPSA) is 79.8 Å². The molecule has 1 saturated heterocycles. The number of amides is 1. The fourth-order valence-corrected chi connectivity index (χ4v) is 3.04. The molecule has 1 aliphatic heterocycles. The van der Waals surface area contributed by atoms with Gasteiger partial charge in [-0.15, -0.1) is 0 Å². The molecule has 1 amide bonds. The number of benzene rings is 1. The highest BCUT2D eigenvalue weighted by atomic mass is 19.4. The molecule has 0 aliphatic carbocycles. The molecule has 0 bridgehead atoms. The molecule has 7 nitrogen and oxygen atoms in total. The van der Waals surface area contributed by atoms with Crippen molar-refractivity contribution >= 4 is 17.3 Å². The maximum atomic E-state index is 12.8. The van der Waals surface area contributed by atoms with E-state index >= 15 is 0 Å². The van der Waals surface area contributed by atoms with Crippen LogP contribution in [0.2, 0.25) is 0 Å². The highest BCUT2D eigenvalue weighted by molar-refractivity contribution is 5.95. The van der Waals surface area contributed by atoms with E-state index in [-0.39, 0.29) is 24.7 Å². The van der Waals surface area contributed by atoms with Crippen LogP contribution < -0.4 is 4.90 Å². The van der Waals surface area contributed by atoms with Crippen LogP contribution in [0.25, 0.3) is 0 Å². The molecule has 3 rings (SSSR count). The molecule has 2 aromatic rings. The third kappa shape index (κ3) is 3.74. The van der Waals surface area contributed by atoms with Crippen LogP contribution in [0.5, 0.6) is 0 Å². The summed E-state index contributed by atoms with van der Waals surface area (Å²) in [7, 11) is 0.